The Hall–Kier alpha value is -1.63. The van der Waals surface area contributed by atoms with Gasteiger partial charge in [0.25, 0.3) is 5.89 Å². The Morgan fingerprint density at radius 2 is 2.05 bits per heavy atom. The van der Waals surface area contributed by atoms with Gasteiger partial charge in [-0.25, -0.2) is 4.98 Å². The zero-order valence-corrected chi connectivity index (χ0v) is 13.3. The summed E-state index contributed by atoms with van der Waals surface area (Å²) in [6.07, 6.45) is 0.508. The number of aromatic nitrogens is 3. The van der Waals surface area contributed by atoms with Crippen molar-refractivity contribution in [3.05, 3.63) is 45.3 Å². The third-order valence-corrected chi connectivity index (χ3v) is 4.54. The first-order valence-corrected chi connectivity index (χ1v) is 7.60. The average molecular weight is 341 g/mol. The van der Waals surface area contributed by atoms with Crippen LogP contribution in [-0.4, -0.2) is 15.1 Å². The molecule has 0 saturated heterocycles. The molecule has 0 bridgehead atoms. The molecule has 5 nitrogen and oxygen atoms in total. The molecule has 0 saturated carbocycles. The van der Waals surface area contributed by atoms with Crippen LogP contribution >= 0.6 is 34.5 Å². The number of anilines is 1. The molecule has 0 aliphatic rings. The number of nitrogens with zero attached hydrogens (tertiary/aromatic N) is 3. The Morgan fingerprint density at radius 1 is 1.24 bits per heavy atom. The maximum atomic E-state index is 5.99. The number of hydrogen-bond donors (Lipinski definition) is 1. The molecule has 0 atom stereocenters. The molecule has 2 heterocycles. The summed E-state index contributed by atoms with van der Waals surface area (Å²) in [4.78, 5) is 9.29. The van der Waals surface area contributed by atoms with Crippen LogP contribution in [0.3, 0.4) is 0 Å². The number of benzene rings is 1. The molecule has 0 amide bonds. The number of rotatable bonds is 3. The minimum atomic E-state index is 0.428. The standard InChI is InChI=1S/C13H10Cl2N4OS/c1-6-11(21-13(16)17-6)12-18-10(19-20-12)5-7-2-3-8(14)9(15)4-7/h2-4H,5H2,1H3,(H2,16,17). The minimum Gasteiger partial charge on any atom is -0.375 e. The maximum absolute atomic E-state index is 5.99. The van der Waals surface area contributed by atoms with E-state index in [2.05, 4.69) is 15.1 Å². The van der Waals surface area contributed by atoms with Crippen molar-refractivity contribution in [2.75, 3.05) is 5.73 Å². The molecule has 0 aliphatic heterocycles. The minimum absolute atomic E-state index is 0.428. The van der Waals surface area contributed by atoms with Gasteiger partial charge in [0.15, 0.2) is 11.0 Å². The smallest absolute Gasteiger partial charge is 0.270 e. The van der Waals surface area contributed by atoms with E-state index in [1.165, 1.54) is 11.3 Å². The second-order valence-corrected chi connectivity index (χ2v) is 6.25. The second kappa shape index (κ2) is 5.63. The zero-order valence-electron chi connectivity index (χ0n) is 10.9. The van der Waals surface area contributed by atoms with Crippen LogP contribution in [0.4, 0.5) is 5.13 Å². The van der Waals surface area contributed by atoms with Crippen LogP contribution in [-0.2, 0) is 6.42 Å². The molecule has 2 aromatic heterocycles. The lowest BCUT2D eigenvalue weighted by Gasteiger charge is -1.99. The first kappa shape index (κ1) is 14.3. The molecule has 0 aliphatic carbocycles. The first-order chi connectivity index (χ1) is 10.0. The lowest BCUT2D eigenvalue weighted by atomic mass is 10.1. The Kier molecular flexibility index (Phi) is 3.84. The molecule has 8 heteroatoms. The Balaban J connectivity index is 1.85. The highest BCUT2D eigenvalue weighted by Gasteiger charge is 2.15. The molecule has 0 radical (unpaired) electrons. The molecule has 1 aromatic carbocycles. The summed E-state index contributed by atoms with van der Waals surface area (Å²) in [7, 11) is 0. The molecule has 21 heavy (non-hydrogen) atoms. The average Bonchev–Trinajstić information content (AvgIpc) is 3.00. The van der Waals surface area contributed by atoms with Gasteiger partial charge in [-0.3, -0.25) is 0 Å². The van der Waals surface area contributed by atoms with Crippen LogP contribution in [0.5, 0.6) is 0 Å². The summed E-state index contributed by atoms with van der Waals surface area (Å²) in [5.74, 6) is 0.992. The predicted octanol–water partition coefficient (Wildman–Crippen LogP) is 3.98. The van der Waals surface area contributed by atoms with Crippen molar-refractivity contribution in [1.82, 2.24) is 15.1 Å². The Labute approximate surface area is 134 Å². The normalized spacial score (nSPS) is 11.0. The molecule has 0 fully saturated rings. The van der Waals surface area contributed by atoms with E-state index >= 15 is 0 Å². The third kappa shape index (κ3) is 3.02. The van der Waals surface area contributed by atoms with Gasteiger partial charge in [0.1, 0.15) is 4.88 Å². The number of thiazole rings is 1. The Morgan fingerprint density at radius 3 is 2.71 bits per heavy atom. The maximum Gasteiger partial charge on any atom is 0.270 e. The van der Waals surface area contributed by atoms with E-state index < -0.39 is 0 Å². The second-order valence-electron chi connectivity index (χ2n) is 4.41. The number of aryl methyl sites for hydroxylation is 1. The van der Waals surface area contributed by atoms with Gasteiger partial charge >= 0.3 is 0 Å². The van der Waals surface area contributed by atoms with Crippen molar-refractivity contribution in [2.24, 2.45) is 0 Å². The van der Waals surface area contributed by atoms with Crippen molar-refractivity contribution in [3.63, 3.8) is 0 Å². The molecule has 3 aromatic rings. The summed E-state index contributed by atoms with van der Waals surface area (Å²) >= 11 is 13.2. The summed E-state index contributed by atoms with van der Waals surface area (Å²) in [6.45, 7) is 1.85. The lowest BCUT2D eigenvalue weighted by Crippen LogP contribution is -1.91. The summed E-state index contributed by atoms with van der Waals surface area (Å²) in [5, 5.41) is 5.47. The van der Waals surface area contributed by atoms with Gasteiger partial charge in [-0.05, 0) is 24.6 Å². The summed E-state index contributed by atoms with van der Waals surface area (Å²) in [5.41, 5.74) is 7.40. The van der Waals surface area contributed by atoms with Gasteiger partial charge in [0, 0.05) is 6.42 Å². The van der Waals surface area contributed by atoms with Crippen LogP contribution in [0, 0.1) is 6.92 Å². The molecule has 0 spiro atoms. The third-order valence-electron chi connectivity index (χ3n) is 2.82. The van der Waals surface area contributed by atoms with Gasteiger partial charge in [-0.1, -0.05) is 45.8 Å². The SMILES string of the molecule is Cc1nc(N)sc1-c1nc(Cc2ccc(Cl)c(Cl)c2)no1. The number of halogens is 2. The van der Waals surface area contributed by atoms with Gasteiger partial charge in [-0.2, -0.15) is 4.98 Å². The van der Waals surface area contributed by atoms with E-state index in [9.17, 15) is 0 Å². The van der Waals surface area contributed by atoms with Gasteiger partial charge < -0.3 is 10.3 Å². The van der Waals surface area contributed by atoms with Crippen molar-refractivity contribution >= 4 is 39.7 Å². The van der Waals surface area contributed by atoms with Gasteiger partial charge in [0.05, 0.1) is 15.7 Å². The molecule has 2 N–H and O–H groups in total. The lowest BCUT2D eigenvalue weighted by molar-refractivity contribution is 0.424. The van der Waals surface area contributed by atoms with Crippen LogP contribution in [0.15, 0.2) is 22.7 Å². The van der Waals surface area contributed by atoms with Crippen LogP contribution in [0.25, 0.3) is 10.8 Å². The fourth-order valence-corrected chi connectivity index (χ4v) is 2.94. The van der Waals surface area contributed by atoms with E-state index in [1.54, 1.807) is 12.1 Å². The number of nitrogens with two attached hydrogens (primary N) is 1. The van der Waals surface area contributed by atoms with E-state index in [1.807, 2.05) is 13.0 Å². The molecule has 3 rings (SSSR count). The van der Waals surface area contributed by atoms with E-state index in [0.29, 0.717) is 33.3 Å². The van der Waals surface area contributed by atoms with Gasteiger partial charge in [-0.15, -0.1) is 0 Å². The van der Waals surface area contributed by atoms with Crippen molar-refractivity contribution in [3.8, 4) is 10.8 Å². The summed E-state index contributed by atoms with van der Waals surface area (Å²) in [6, 6.07) is 5.41. The van der Waals surface area contributed by atoms with Crippen LogP contribution in [0.2, 0.25) is 10.0 Å². The highest BCUT2D eigenvalue weighted by molar-refractivity contribution is 7.18. The fourth-order valence-electron chi connectivity index (χ4n) is 1.87. The highest BCUT2D eigenvalue weighted by atomic mass is 35.5. The van der Waals surface area contributed by atoms with E-state index in [4.69, 9.17) is 33.5 Å². The monoisotopic (exact) mass is 340 g/mol. The number of hydrogen-bond acceptors (Lipinski definition) is 6. The van der Waals surface area contributed by atoms with E-state index in [0.717, 1.165) is 16.1 Å². The molecular weight excluding hydrogens is 331 g/mol. The Bertz CT molecular complexity index is 799. The van der Waals surface area contributed by atoms with Crippen molar-refractivity contribution < 1.29 is 4.52 Å². The number of nitrogen functional groups attached to an aromatic ring is 1. The van der Waals surface area contributed by atoms with Crippen LogP contribution < -0.4 is 5.73 Å². The van der Waals surface area contributed by atoms with E-state index in [-0.39, 0.29) is 0 Å². The van der Waals surface area contributed by atoms with Crippen molar-refractivity contribution in [2.45, 2.75) is 13.3 Å². The quantitative estimate of drug-likeness (QED) is 0.780. The molecule has 0 unspecified atom stereocenters. The zero-order chi connectivity index (χ0) is 15.0. The van der Waals surface area contributed by atoms with Crippen molar-refractivity contribution in [1.29, 1.82) is 0 Å². The highest BCUT2D eigenvalue weighted by Crippen LogP contribution is 2.30. The van der Waals surface area contributed by atoms with Gasteiger partial charge in [0.2, 0.25) is 0 Å². The predicted molar refractivity (Wildman–Crippen MR) is 83.8 cm³/mol. The fraction of sp³-hybridized carbons (Fsp3) is 0.154. The molecule has 108 valence electrons. The summed E-state index contributed by atoms with van der Waals surface area (Å²) < 4.78 is 5.27. The topological polar surface area (TPSA) is 77.8 Å². The molecular formula is C13H10Cl2N4OS. The first-order valence-electron chi connectivity index (χ1n) is 6.02. The largest absolute Gasteiger partial charge is 0.375 e. The van der Waals surface area contributed by atoms with Crippen LogP contribution in [0.1, 0.15) is 17.1 Å².